The molecule has 0 bridgehead atoms. The van der Waals surface area contributed by atoms with Crippen molar-refractivity contribution in [1.29, 1.82) is 0 Å². The van der Waals surface area contributed by atoms with E-state index >= 15 is 0 Å². The molecule has 1 unspecified atom stereocenters. The first-order chi connectivity index (χ1) is 10.6. The first-order valence-electron chi connectivity index (χ1n) is 8.90. The average Bonchev–Trinajstić information content (AvgIpc) is 2.52. The summed E-state index contributed by atoms with van der Waals surface area (Å²) < 4.78 is 0. The molecule has 0 spiro atoms. The van der Waals surface area contributed by atoms with Gasteiger partial charge in [0.15, 0.2) is 5.78 Å². The molecular formula is C21H28O. The van der Waals surface area contributed by atoms with Gasteiger partial charge in [0, 0.05) is 6.42 Å². The number of hydrogen-bond acceptors (Lipinski definition) is 1. The second kappa shape index (κ2) is 6.81. The summed E-state index contributed by atoms with van der Waals surface area (Å²) in [6.07, 6.45) is 19.2. The Morgan fingerprint density at radius 3 is 2.68 bits per heavy atom. The number of rotatable bonds is 3. The topological polar surface area (TPSA) is 17.1 Å². The van der Waals surface area contributed by atoms with Crippen LogP contribution in [0.5, 0.6) is 0 Å². The van der Waals surface area contributed by atoms with Crippen molar-refractivity contribution in [2.75, 3.05) is 0 Å². The molecule has 0 aromatic rings. The first-order valence-corrected chi connectivity index (χ1v) is 8.90. The summed E-state index contributed by atoms with van der Waals surface area (Å²) in [4.78, 5) is 11.6. The molecule has 0 aromatic heterocycles. The molecule has 3 aliphatic carbocycles. The van der Waals surface area contributed by atoms with Gasteiger partial charge in [0.1, 0.15) is 0 Å². The quantitative estimate of drug-likeness (QED) is 0.667. The lowest BCUT2D eigenvalue weighted by atomic mass is 9.74. The van der Waals surface area contributed by atoms with E-state index in [0.29, 0.717) is 18.3 Å². The molecule has 1 saturated carbocycles. The predicted molar refractivity (Wildman–Crippen MR) is 92.5 cm³/mol. The number of carbonyl (C=O) groups excluding carboxylic acids is 1. The standard InChI is InChI=1S/C21H28O/c1-15-6-7-16(2)20(12-15)13-17-8-10-18(11-9-17)19-4-3-5-21(22)14-19/h3-4,7,12,14-15,17-18H,5-6,8-11,13H2,1-2H3. The normalized spacial score (nSPS) is 32.4. The Balaban J connectivity index is 1.55. The van der Waals surface area contributed by atoms with Crippen molar-refractivity contribution in [3.8, 4) is 0 Å². The third-order valence-corrected chi connectivity index (χ3v) is 5.57. The van der Waals surface area contributed by atoms with Gasteiger partial charge in [0.25, 0.3) is 0 Å². The Kier molecular flexibility index (Phi) is 4.81. The monoisotopic (exact) mass is 296 g/mol. The van der Waals surface area contributed by atoms with Crippen LogP contribution in [0.25, 0.3) is 0 Å². The molecule has 3 rings (SSSR count). The van der Waals surface area contributed by atoms with Crippen molar-refractivity contribution in [3.05, 3.63) is 47.1 Å². The van der Waals surface area contributed by atoms with Crippen LogP contribution in [0.4, 0.5) is 0 Å². The Morgan fingerprint density at radius 2 is 1.95 bits per heavy atom. The van der Waals surface area contributed by atoms with Gasteiger partial charge in [-0.1, -0.05) is 36.8 Å². The van der Waals surface area contributed by atoms with E-state index in [0.717, 1.165) is 5.92 Å². The van der Waals surface area contributed by atoms with Gasteiger partial charge in [-0.3, -0.25) is 4.79 Å². The highest BCUT2D eigenvalue weighted by Crippen LogP contribution is 2.39. The average molecular weight is 296 g/mol. The van der Waals surface area contributed by atoms with Crippen LogP contribution >= 0.6 is 0 Å². The molecule has 0 aromatic carbocycles. The van der Waals surface area contributed by atoms with Crippen LogP contribution in [0.3, 0.4) is 0 Å². The van der Waals surface area contributed by atoms with Crippen LogP contribution in [0, 0.1) is 17.8 Å². The minimum Gasteiger partial charge on any atom is -0.295 e. The molecule has 0 heterocycles. The largest absolute Gasteiger partial charge is 0.295 e. The summed E-state index contributed by atoms with van der Waals surface area (Å²) >= 11 is 0. The maximum atomic E-state index is 11.6. The molecule has 1 atom stereocenters. The summed E-state index contributed by atoms with van der Waals surface area (Å²) in [5.41, 5.74) is 4.38. The fourth-order valence-electron chi connectivity index (χ4n) is 4.13. The van der Waals surface area contributed by atoms with Crippen molar-refractivity contribution in [2.45, 2.75) is 58.8 Å². The van der Waals surface area contributed by atoms with Gasteiger partial charge in [-0.2, -0.15) is 0 Å². The van der Waals surface area contributed by atoms with Gasteiger partial charge in [0.05, 0.1) is 0 Å². The van der Waals surface area contributed by atoms with Crippen molar-refractivity contribution in [2.24, 2.45) is 17.8 Å². The lowest BCUT2D eigenvalue weighted by molar-refractivity contribution is -0.114. The third-order valence-electron chi connectivity index (χ3n) is 5.57. The summed E-state index contributed by atoms with van der Waals surface area (Å²) in [7, 11) is 0. The summed E-state index contributed by atoms with van der Waals surface area (Å²) in [6, 6.07) is 0. The third kappa shape index (κ3) is 3.69. The zero-order chi connectivity index (χ0) is 15.5. The molecule has 1 heteroatoms. The smallest absolute Gasteiger partial charge is 0.159 e. The van der Waals surface area contributed by atoms with Gasteiger partial charge in [-0.25, -0.2) is 0 Å². The van der Waals surface area contributed by atoms with Gasteiger partial charge in [0.2, 0.25) is 0 Å². The Hall–Kier alpha value is -1.37. The molecule has 0 amide bonds. The number of ketones is 1. The highest BCUT2D eigenvalue weighted by molar-refractivity contribution is 5.93. The lowest BCUT2D eigenvalue weighted by Gasteiger charge is -2.31. The fraction of sp³-hybridized carbons (Fsp3) is 0.571. The van der Waals surface area contributed by atoms with Crippen molar-refractivity contribution in [3.63, 3.8) is 0 Å². The van der Waals surface area contributed by atoms with Crippen molar-refractivity contribution < 1.29 is 4.79 Å². The van der Waals surface area contributed by atoms with E-state index in [1.165, 1.54) is 49.7 Å². The van der Waals surface area contributed by atoms with Crippen LogP contribution in [0.1, 0.15) is 58.8 Å². The minimum atomic E-state index is 0.279. The minimum absolute atomic E-state index is 0.279. The van der Waals surface area contributed by atoms with E-state index in [4.69, 9.17) is 0 Å². The highest BCUT2D eigenvalue weighted by Gasteiger charge is 2.25. The molecule has 3 aliphatic rings. The Labute approximate surface area is 134 Å². The van der Waals surface area contributed by atoms with E-state index in [1.54, 1.807) is 5.57 Å². The van der Waals surface area contributed by atoms with Crippen molar-refractivity contribution >= 4 is 5.78 Å². The molecule has 22 heavy (non-hydrogen) atoms. The summed E-state index contributed by atoms with van der Waals surface area (Å²) in [6.45, 7) is 4.59. The highest BCUT2D eigenvalue weighted by atomic mass is 16.1. The molecule has 0 N–H and O–H groups in total. The number of allylic oxidation sites excluding steroid dienone is 8. The summed E-state index contributed by atoms with van der Waals surface area (Å²) in [5, 5.41) is 0. The van der Waals surface area contributed by atoms with Gasteiger partial charge in [-0.05, 0) is 80.4 Å². The Morgan fingerprint density at radius 1 is 1.18 bits per heavy atom. The molecule has 1 fully saturated rings. The molecule has 0 radical (unpaired) electrons. The second-order valence-electron chi connectivity index (χ2n) is 7.43. The molecule has 118 valence electrons. The van der Waals surface area contributed by atoms with Crippen LogP contribution in [-0.4, -0.2) is 5.78 Å². The lowest BCUT2D eigenvalue weighted by Crippen LogP contribution is -2.18. The maximum Gasteiger partial charge on any atom is 0.159 e. The first kappa shape index (κ1) is 15.5. The van der Waals surface area contributed by atoms with Crippen LogP contribution in [0.15, 0.2) is 47.1 Å². The molecular weight excluding hydrogens is 268 g/mol. The number of carbonyl (C=O) groups is 1. The fourth-order valence-corrected chi connectivity index (χ4v) is 4.13. The van der Waals surface area contributed by atoms with E-state index in [9.17, 15) is 4.79 Å². The van der Waals surface area contributed by atoms with E-state index < -0.39 is 0 Å². The Bertz CT molecular complexity index is 550. The van der Waals surface area contributed by atoms with Crippen LogP contribution in [-0.2, 0) is 4.79 Å². The SMILES string of the molecule is CC1=CCC(C)C=C1CC1CCC(C2=CC(=O)CC=C2)CC1. The number of hydrogen-bond donors (Lipinski definition) is 0. The van der Waals surface area contributed by atoms with Crippen LogP contribution < -0.4 is 0 Å². The summed E-state index contributed by atoms with van der Waals surface area (Å²) in [5.74, 6) is 2.44. The second-order valence-corrected chi connectivity index (χ2v) is 7.43. The predicted octanol–water partition coefficient (Wildman–Crippen LogP) is 5.55. The molecule has 1 nitrogen and oxygen atoms in total. The molecule has 0 saturated heterocycles. The van der Waals surface area contributed by atoms with Gasteiger partial charge < -0.3 is 0 Å². The van der Waals surface area contributed by atoms with Crippen LogP contribution in [0.2, 0.25) is 0 Å². The van der Waals surface area contributed by atoms with E-state index in [1.807, 2.05) is 12.2 Å². The van der Waals surface area contributed by atoms with Gasteiger partial charge in [-0.15, -0.1) is 0 Å². The molecule has 0 aliphatic heterocycles. The zero-order valence-corrected chi connectivity index (χ0v) is 14.0. The van der Waals surface area contributed by atoms with Crippen molar-refractivity contribution in [1.82, 2.24) is 0 Å². The maximum absolute atomic E-state index is 11.6. The van der Waals surface area contributed by atoms with E-state index in [-0.39, 0.29) is 5.78 Å². The van der Waals surface area contributed by atoms with Gasteiger partial charge >= 0.3 is 0 Å². The zero-order valence-electron chi connectivity index (χ0n) is 14.0. The van der Waals surface area contributed by atoms with E-state index in [2.05, 4.69) is 32.1 Å².